The highest BCUT2D eigenvalue weighted by molar-refractivity contribution is 5.81. The summed E-state index contributed by atoms with van der Waals surface area (Å²) in [5.41, 5.74) is 3.95. The van der Waals surface area contributed by atoms with Gasteiger partial charge < -0.3 is 19.4 Å². The van der Waals surface area contributed by atoms with Gasteiger partial charge in [0, 0.05) is 18.7 Å². The molecule has 2 aliphatic rings. The molecule has 1 fully saturated rings. The maximum Gasteiger partial charge on any atom is 0.416 e. The van der Waals surface area contributed by atoms with Gasteiger partial charge in [0.1, 0.15) is 23.8 Å². The lowest BCUT2D eigenvalue weighted by atomic mass is 9.88. The maximum absolute atomic E-state index is 12.8. The van der Waals surface area contributed by atoms with Crippen molar-refractivity contribution in [1.82, 2.24) is 14.9 Å². The molecule has 1 aliphatic carbocycles. The van der Waals surface area contributed by atoms with Gasteiger partial charge in [0.2, 0.25) is 0 Å². The third kappa shape index (κ3) is 6.95. The number of allylic oxidation sites excluding steroid dienone is 4. The van der Waals surface area contributed by atoms with Crippen LogP contribution in [-0.4, -0.2) is 39.7 Å². The van der Waals surface area contributed by atoms with Crippen LogP contribution in [0.1, 0.15) is 56.1 Å². The molecule has 1 aliphatic heterocycles. The molecule has 0 atom stereocenters. The van der Waals surface area contributed by atoms with Gasteiger partial charge >= 0.3 is 12.3 Å². The maximum atomic E-state index is 12.8. The molecule has 0 spiro atoms. The standard InChI is InChI=1S/C33H34F3N3O3/c1-21-5-8-25(23-15-17-39(18-16-23)31(40)42-32(2,3)4)19-28-29(21)38-30(37-28)24-9-13-27(14-10-24)41-20-22-6-11-26(12-7-22)33(34,35)36/h5-14,19,23H,1,15-18,20H2,2-4H3,(H,37,38). The summed E-state index contributed by atoms with van der Waals surface area (Å²) in [6, 6.07) is 12.3. The molecule has 1 N–H and O–H groups in total. The van der Waals surface area contributed by atoms with Gasteiger partial charge in [-0.15, -0.1) is 0 Å². The summed E-state index contributed by atoms with van der Waals surface area (Å²) in [6.07, 6.45) is 3.25. The first-order valence-electron chi connectivity index (χ1n) is 13.9. The van der Waals surface area contributed by atoms with Crippen LogP contribution in [0.5, 0.6) is 5.75 Å². The Bertz CT molecular complexity index is 1500. The van der Waals surface area contributed by atoms with E-state index in [4.69, 9.17) is 14.5 Å². The van der Waals surface area contributed by atoms with Gasteiger partial charge in [-0.3, -0.25) is 0 Å². The van der Waals surface area contributed by atoms with Crippen LogP contribution in [0.2, 0.25) is 0 Å². The van der Waals surface area contributed by atoms with E-state index in [0.29, 0.717) is 36.1 Å². The molecular weight excluding hydrogens is 543 g/mol. The number of hydrogen-bond acceptors (Lipinski definition) is 4. The summed E-state index contributed by atoms with van der Waals surface area (Å²) in [5.74, 6) is 1.59. The van der Waals surface area contributed by atoms with Crippen molar-refractivity contribution >= 4 is 17.7 Å². The minimum absolute atomic E-state index is 0.156. The fraction of sp³-hybridized carbons (Fsp3) is 0.333. The number of aromatic amines is 1. The SMILES string of the molecule is C=C1C=CC(C2CCN(C(=O)OC(C)(C)C)CC2)=Cc2[nH]c(-c3ccc(OCc4ccc(C(F)(F)F)cc4)cc3)nc21. The highest BCUT2D eigenvalue weighted by atomic mass is 19.4. The largest absolute Gasteiger partial charge is 0.489 e. The Morgan fingerprint density at radius 1 is 1.02 bits per heavy atom. The van der Waals surface area contributed by atoms with Gasteiger partial charge in [-0.1, -0.05) is 30.9 Å². The highest BCUT2D eigenvalue weighted by Gasteiger charge is 2.30. The highest BCUT2D eigenvalue weighted by Crippen LogP contribution is 2.34. The van der Waals surface area contributed by atoms with E-state index in [-0.39, 0.29) is 12.7 Å². The lowest BCUT2D eigenvalue weighted by molar-refractivity contribution is -0.137. The molecule has 9 heteroatoms. The van der Waals surface area contributed by atoms with Crippen LogP contribution in [0, 0.1) is 5.92 Å². The Hall–Kier alpha value is -4.27. The lowest BCUT2D eigenvalue weighted by Crippen LogP contribution is -2.41. The molecule has 0 unspecified atom stereocenters. The van der Waals surface area contributed by atoms with E-state index >= 15 is 0 Å². The van der Waals surface area contributed by atoms with Gasteiger partial charge in [-0.2, -0.15) is 13.2 Å². The molecule has 1 aromatic heterocycles. The van der Waals surface area contributed by atoms with Crippen LogP contribution in [0.3, 0.4) is 0 Å². The number of imidazole rings is 1. The molecular formula is C33H34F3N3O3. The number of fused-ring (bicyclic) bond motifs is 1. The number of H-pyrrole nitrogens is 1. The van der Waals surface area contributed by atoms with Gasteiger partial charge in [-0.25, -0.2) is 9.78 Å². The molecule has 5 rings (SSSR count). The second-order valence-electron chi connectivity index (χ2n) is 11.6. The van der Waals surface area contributed by atoms with Gasteiger partial charge in [0.05, 0.1) is 17.0 Å². The zero-order chi connectivity index (χ0) is 30.1. The zero-order valence-electron chi connectivity index (χ0n) is 23.9. The van der Waals surface area contributed by atoms with Crippen molar-refractivity contribution in [2.45, 2.75) is 52.0 Å². The third-order valence-corrected chi connectivity index (χ3v) is 7.26. The molecule has 6 nitrogen and oxygen atoms in total. The number of piperidine rings is 1. The molecule has 3 aromatic rings. The van der Waals surface area contributed by atoms with E-state index in [2.05, 4.69) is 23.7 Å². The molecule has 0 saturated carbocycles. The summed E-state index contributed by atoms with van der Waals surface area (Å²) in [6.45, 7) is 11.3. The monoisotopic (exact) mass is 577 g/mol. The number of carbonyl (C=O) groups is 1. The summed E-state index contributed by atoms with van der Waals surface area (Å²) in [5, 5.41) is 0. The summed E-state index contributed by atoms with van der Waals surface area (Å²) in [7, 11) is 0. The van der Waals surface area contributed by atoms with E-state index in [1.165, 1.54) is 17.7 Å². The first kappa shape index (κ1) is 29.2. The Kier molecular flexibility index (Phi) is 8.03. The molecule has 42 heavy (non-hydrogen) atoms. The fourth-order valence-corrected chi connectivity index (χ4v) is 5.00. The average Bonchev–Trinajstić information content (AvgIpc) is 3.30. The zero-order valence-corrected chi connectivity index (χ0v) is 23.9. The number of hydrogen-bond donors (Lipinski definition) is 1. The van der Waals surface area contributed by atoms with Crippen molar-refractivity contribution in [2.75, 3.05) is 13.1 Å². The molecule has 2 aromatic carbocycles. The number of halogens is 3. The van der Waals surface area contributed by atoms with Crippen LogP contribution in [0.15, 0.2) is 72.8 Å². The molecule has 1 saturated heterocycles. The summed E-state index contributed by atoms with van der Waals surface area (Å²) >= 11 is 0. The van der Waals surface area contributed by atoms with Crippen LogP contribution in [0.4, 0.5) is 18.0 Å². The minimum atomic E-state index is -4.36. The predicted molar refractivity (Wildman–Crippen MR) is 156 cm³/mol. The van der Waals surface area contributed by atoms with Crippen molar-refractivity contribution in [3.8, 4) is 17.1 Å². The van der Waals surface area contributed by atoms with Crippen LogP contribution < -0.4 is 4.74 Å². The predicted octanol–water partition coefficient (Wildman–Crippen LogP) is 8.29. The van der Waals surface area contributed by atoms with Crippen molar-refractivity contribution < 1.29 is 27.4 Å². The number of aromatic nitrogens is 2. The quantitative estimate of drug-likeness (QED) is 0.331. The smallest absolute Gasteiger partial charge is 0.416 e. The summed E-state index contributed by atoms with van der Waals surface area (Å²) in [4.78, 5) is 22.5. The molecule has 220 valence electrons. The molecule has 0 radical (unpaired) electrons. The van der Waals surface area contributed by atoms with E-state index in [1.54, 1.807) is 4.90 Å². The second-order valence-corrected chi connectivity index (χ2v) is 11.6. The number of ether oxygens (including phenoxy) is 2. The number of amides is 1. The van der Waals surface area contributed by atoms with Gasteiger partial charge in [0.25, 0.3) is 0 Å². The number of carbonyl (C=O) groups excluding carboxylic acids is 1. The number of likely N-dealkylation sites (tertiary alicyclic amines) is 1. The Morgan fingerprint density at radius 3 is 2.31 bits per heavy atom. The Morgan fingerprint density at radius 2 is 1.69 bits per heavy atom. The number of alkyl halides is 3. The van der Waals surface area contributed by atoms with Gasteiger partial charge in [-0.05, 0) is 98.7 Å². The Balaban J connectivity index is 1.23. The minimum Gasteiger partial charge on any atom is -0.489 e. The molecule has 2 heterocycles. The normalized spacial score (nSPS) is 16.1. The van der Waals surface area contributed by atoms with Crippen molar-refractivity contribution in [3.05, 3.63) is 95.3 Å². The number of benzene rings is 2. The van der Waals surface area contributed by atoms with Crippen LogP contribution in [0.25, 0.3) is 23.0 Å². The van der Waals surface area contributed by atoms with E-state index in [9.17, 15) is 18.0 Å². The summed E-state index contributed by atoms with van der Waals surface area (Å²) < 4.78 is 49.6. The molecule has 1 amide bonds. The average molecular weight is 578 g/mol. The third-order valence-electron chi connectivity index (χ3n) is 7.26. The Labute approximate surface area is 243 Å². The number of nitrogens with zero attached hydrogens (tertiary/aromatic N) is 2. The van der Waals surface area contributed by atoms with Crippen molar-refractivity contribution in [1.29, 1.82) is 0 Å². The topological polar surface area (TPSA) is 67.5 Å². The van der Waals surface area contributed by atoms with Crippen LogP contribution in [-0.2, 0) is 17.5 Å². The van der Waals surface area contributed by atoms with E-state index in [0.717, 1.165) is 47.5 Å². The first-order valence-corrected chi connectivity index (χ1v) is 13.9. The van der Waals surface area contributed by atoms with Crippen molar-refractivity contribution in [3.63, 3.8) is 0 Å². The number of nitrogens with one attached hydrogen (secondary N) is 1. The van der Waals surface area contributed by atoms with Crippen molar-refractivity contribution in [2.24, 2.45) is 5.92 Å². The van der Waals surface area contributed by atoms with E-state index < -0.39 is 17.3 Å². The fourth-order valence-electron chi connectivity index (χ4n) is 5.00. The second kappa shape index (κ2) is 11.5. The lowest BCUT2D eigenvalue weighted by Gasteiger charge is -2.33. The molecule has 0 bridgehead atoms. The van der Waals surface area contributed by atoms with E-state index in [1.807, 2.05) is 51.1 Å². The number of rotatable bonds is 5. The first-order chi connectivity index (χ1) is 19.9. The van der Waals surface area contributed by atoms with Crippen LogP contribution >= 0.6 is 0 Å². The van der Waals surface area contributed by atoms with Gasteiger partial charge in [0.15, 0.2) is 0 Å².